The normalized spacial score (nSPS) is 11.9. The summed E-state index contributed by atoms with van der Waals surface area (Å²) in [5, 5.41) is 3.74. The van der Waals surface area contributed by atoms with E-state index >= 15 is 0 Å². The molecule has 7 nitrogen and oxygen atoms in total. The molecule has 3 rings (SSSR count). The summed E-state index contributed by atoms with van der Waals surface area (Å²) in [7, 11) is -1.97. The van der Waals surface area contributed by atoms with Gasteiger partial charge in [-0.25, -0.2) is 8.42 Å². The number of pyridine rings is 1. The van der Waals surface area contributed by atoms with Crippen LogP contribution in [-0.2, 0) is 17.1 Å². The Morgan fingerprint density at radius 2 is 1.89 bits per heavy atom. The Hall–Kier alpha value is -2.71. The van der Waals surface area contributed by atoms with Crippen LogP contribution in [-0.4, -0.2) is 41.3 Å². The molecular formula is C19H22N4O3S. The lowest BCUT2D eigenvalue weighted by molar-refractivity contribution is 0.101. The van der Waals surface area contributed by atoms with Gasteiger partial charge in [0.2, 0.25) is 10.0 Å². The first-order valence-corrected chi connectivity index (χ1v) is 10.1. The zero-order valence-electron chi connectivity index (χ0n) is 15.5. The largest absolute Gasteiger partial charge is 0.345 e. The molecule has 0 saturated carbocycles. The van der Waals surface area contributed by atoms with E-state index in [1.807, 2.05) is 24.3 Å². The highest BCUT2D eigenvalue weighted by molar-refractivity contribution is 7.89. The first-order valence-electron chi connectivity index (χ1n) is 8.70. The number of benzene rings is 1. The van der Waals surface area contributed by atoms with Crippen LogP contribution in [0.1, 0.15) is 24.3 Å². The molecule has 0 fully saturated rings. The van der Waals surface area contributed by atoms with Gasteiger partial charge in [0.05, 0.1) is 11.2 Å². The lowest BCUT2D eigenvalue weighted by Crippen LogP contribution is -2.30. The maximum absolute atomic E-state index is 12.8. The number of para-hydroxylation sites is 1. The van der Waals surface area contributed by atoms with Crippen molar-refractivity contribution in [3.8, 4) is 0 Å². The van der Waals surface area contributed by atoms with Crippen molar-refractivity contribution in [2.45, 2.75) is 18.7 Å². The predicted octanol–water partition coefficient (Wildman–Crippen LogP) is 2.86. The number of nitrogens with zero attached hydrogens (tertiary/aromatic N) is 3. The van der Waals surface area contributed by atoms with Crippen molar-refractivity contribution in [2.75, 3.05) is 18.4 Å². The lowest BCUT2D eigenvalue weighted by atomic mass is 10.2. The minimum atomic E-state index is -3.62. The predicted molar refractivity (Wildman–Crippen MR) is 105 cm³/mol. The molecule has 0 aliphatic heterocycles. The number of rotatable bonds is 6. The van der Waals surface area contributed by atoms with Crippen LogP contribution in [0.25, 0.3) is 10.9 Å². The van der Waals surface area contributed by atoms with E-state index < -0.39 is 15.9 Å². The smallest absolute Gasteiger partial charge is 0.272 e. The van der Waals surface area contributed by atoms with Crippen LogP contribution in [0.4, 0.5) is 5.69 Å². The second kappa shape index (κ2) is 7.50. The van der Waals surface area contributed by atoms with Crippen LogP contribution in [0.5, 0.6) is 0 Å². The second-order valence-electron chi connectivity index (χ2n) is 6.10. The summed E-state index contributed by atoms with van der Waals surface area (Å²) < 4.78 is 28.3. The molecular weight excluding hydrogens is 364 g/mol. The molecule has 2 aromatic heterocycles. The van der Waals surface area contributed by atoms with Crippen LogP contribution in [0.3, 0.4) is 0 Å². The number of sulfonamides is 1. The number of hydrogen-bond acceptors (Lipinski definition) is 4. The van der Waals surface area contributed by atoms with E-state index in [-0.39, 0.29) is 10.6 Å². The van der Waals surface area contributed by atoms with E-state index in [2.05, 4.69) is 10.3 Å². The molecule has 0 unspecified atom stereocenters. The molecule has 1 aromatic carbocycles. The second-order valence-corrected chi connectivity index (χ2v) is 8.03. The van der Waals surface area contributed by atoms with E-state index in [4.69, 9.17) is 0 Å². The van der Waals surface area contributed by atoms with Gasteiger partial charge in [-0.05, 0) is 18.2 Å². The third-order valence-corrected chi connectivity index (χ3v) is 6.45. The highest BCUT2D eigenvalue weighted by Crippen LogP contribution is 2.23. The summed E-state index contributed by atoms with van der Waals surface area (Å²) in [5.41, 5.74) is 1.51. The maximum Gasteiger partial charge on any atom is 0.272 e. The van der Waals surface area contributed by atoms with Gasteiger partial charge in [-0.3, -0.25) is 9.78 Å². The Morgan fingerprint density at radius 1 is 1.19 bits per heavy atom. The minimum absolute atomic E-state index is 0.106. The Morgan fingerprint density at radius 3 is 2.59 bits per heavy atom. The summed E-state index contributed by atoms with van der Waals surface area (Å²) in [5.74, 6) is -0.392. The number of carbonyl (C=O) groups is 1. The molecule has 0 aliphatic carbocycles. The standard InChI is InChI=1S/C19H22N4O3S/c1-4-23(5-2)27(25,26)15-12-17(22(3)13-15)19(24)21-16-10-6-8-14-9-7-11-20-18(14)16/h6-13H,4-5H2,1-3H3,(H,21,24). The van der Waals surface area contributed by atoms with Crippen molar-refractivity contribution in [1.82, 2.24) is 13.9 Å². The van der Waals surface area contributed by atoms with Crippen molar-refractivity contribution in [2.24, 2.45) is 7.05 Å². The topological polar surface area (TPSA) is 84.3 Å². The summed E-state index contributed by atoms with van der Waals surface area (Å²) in [6, 6.07) is 10.7. The number of hydrogen-bond donors (Lipinski definition) is 1. The van der Waals surface area contributed by atoms with Gasteiger partial charge in [0.15, 0.2) is 0 Å². The van der Waals surface area contributed by atoms with Crippen LogP contribution < -0.4 is 5.32 Å². The zero-order valence-corrected chi connectivity index (χ0v) is 16.3. The zero-order chi connectivity index (χ0) is 19.6. The van der Waals surface area contributed by atoms with E-state index in [1.165, 1.54) is 21.1 Å². The van der Waals surface area contributed by atoms with Crippen molar-refractivity contribution in [3.05, 3.63) is 54.5 Å². The molecule has 142 valence electrons. The van der Waals surface area contributed by atoms with Crippen molar-refractivity contribution >= 4 is 32.5 Å². The van der Waals surface area contributed by atoms with Crippen molar-refractivity contribution in [3.63, 3.8) is 0 Å². The monoisotopic (exact) mass is 386 g/mol. The van der Waals surface area contributed by atoms with Crippen molar-refractivity contribution < 1.29 is 13.2 Å². The molecule has 0 spiro atoms. The average molecular weight is 386 g/mol. The SMILES string of the molecule is CCN(CC)S(=O)(=O)c1cc(C(=O)Nc2cccc3cccnc23)n(C)c1. The number of aromatic nitrogens is 2. The molecule has 8 heteroatoms. The van der Waals surface area contributed by atoms with Gasteiger partial charge < -0.3 is 9.88 Å². The number of nitrogens with one attached hydrogen (secondary N) is 1. The molecule has 1 amide bonds. The fraction of sp³-hybridized carbons (Fsp3) is 0.263. The van der Waals surface area contributed by atoms with Gasteiger partial charge in [-0.2, -0.15) is 4.31 Å². The minimum Gasteiger partial charge on any atom is -0.345 e. The first kappa shape index (κ1) is 19.1. The highest BCUT2D eigenvalue weighted by atomic mass is 32.2. The fourth-order valence-corrected chi connectivity index (χ4v) is 4.53. The molecule has 3 aromatic rings. The molecule has 27 heavy (non-hydrogen) atoms. The van der Waals surface area contributed by atoms with E-state index in [0.717, 1.165) is 5.39 Å². The van der Waals surface area contributed by atoms with Gasteiger partial charge in [0.1, 0.15) is 10.6 Å². The molecule has 0 aliphatic rings. The molecule has 0 atom stereocenters. The average Bonchev–Trinajstić information content (AvgIpc) is 3.05. The lowest BCUT2D eigenvalue weighted by Gasteiger charge is -2.17. The van der Waals surface area contributed by atoms with Gasteiger partial charge >= 0.3 is 0 Å². The number of carbonyl (C=O) groups excluding carboxylic acids is 1. The highest BCUT2D eigenvalue weighted by Gasteiger charge is 2.25. The molecule has 0 bridgehead atoms. The van der Waals surface area contributed by atoms with Crippen LogP contribution in [0.15, 0.2) is 53.7 Å². The van der Waals surface area contributed by atoms with E-state index in [1.54, 1.807) is 33.2 Å². The van der Waals surface area contributed by atoms with Gasteiger partial charge in [-0.1, -0.05) is 32.0 Å². The van der Waals surface area contributed by atoms with Gasteiger partial charge in [0.25, 0.3) is 5.91 Å². The van der Waals surface area contributed by atoms with E-state index in [9.17, 15) is 13.2 Å². The summed E-state index contributed by atoms with van der Waals surface area (Å²) in [6.07, 6.45) is 3.12. The number of fused-ring (bicyclic) bond motifs is 1. The van der Waals surface area contributed by atoms with Crippen LogP contribution in [0.2, 0.25) is 0 Å². The maximum atomic E-state index is 12.8. The summed E-state index contributed by atoms with van der Waals surface area (Å²) >= 11 is 0. The molecule has 0 saturated heterocycles. The Bertz CT molecular complexity index is 1080. The Balaban J connectivity index is 1.93. The Kier molecular flexibility index (Phi) is 5.29. The van der Waals surface area contributed by atoms with Crippen molar-refractivity contribution in [1.29, 1.82) is 0 Å². The quantitative estimate of drug-likeness (QED) is 0.706. The Labute approximate surface area is 158 Å². The first-order chi connectivity index (χ1) is 12.9. The number of amides is 1. The number of anilines is 1. The molecule has 0 radical (unpaired) electrons. The van der Waals surface area contributed by atoms with Crippen LogP contribution >= 0.6 is 0 Å². The summed E-state index contributed by atoms with van der Waals surface area (Å²) in [4.78, 5) is 17.2. The molecule has 1 N–H and O–H groups in total. The third kappa shape index (κ3) is 3.58. The van der Waals surface area contributed by atoms with E-state index in [0.29, 0.717) is 24.3 Å². The number of aryl methyl sites for hydroxylation is 1. The van der Waals surface area contributed by atoms with Crippen LogP contribution in [0, 0.1) is 0 Å². The fourth-order valence-electron chi connectivity index (χ4n) is 3.01. The van der Waals surface area contributed by atoms with Gasteiger partial charge in [-0.15, -0.1) is 0 Å². The molecule has 2 heterocycles. The summed E-state index contributed by atoms with van der Waals surface area (Å²) in [6.45, 7) is 4.31. The third-order valence-electron chi connectivity index (χ3n) is 4.44. The van der Waals surface area contributed by atoms with Gasteiger partial charge in [0, 0.05) is 37.9 Å².